The molecule has 0 saturated carbocycles. The molecular formula is C12H15N5O3. The Morgan fingerprint density at radius 2 is 2.20 bits per heavy atom. The van der Waals surface area contributed by atoms with Crippen LogP contribution in [0.3, 0.4) is 0 Å². The zero-order valence-corrected chi connectivity index (χ0v) is 11.0. The van der Waals surface area contributed by atoms with E-state index in [9.17, 15) is 9.59 Å². The summed E-state index contributed by atoms with van der Waals surface area (Å²) in [4.78, 5) is 26.6. The molecular weight excluding hydrogens is 262 g/mol. The highest BCUT2D eigenvalue weighted by Gasteiger charge is 2.10. The lowest BCUT2D eigenvalue weighted by Gasteiger charge is -2.06. The van der Waals surface area contributed by atoms with Crippen molar-refractivity contribution in [1.29, 1.82) is 0 Å². The van der Waals surface area contributed by atoms with Crippen LogP contribution in [0.4, 0.5) is 5.69 Å². The highest BCUT2D eigenvalue weighted by molar-refractivity contribution is 5.84. The molecule has 0 aliphatic carbocycles. The van der Waals surface area contributed by atoms with E-state index in [2.05, 4.69) is 14.8 Å². The van der Waals surface area contributed by atoms with Crippen molar-refractivity contribution >= 4 is 11.7 Å². The number of ether oxygens (including phenoxy) is 1. The van der Waals surface area contributed by atoms with Crippen molar-refractivity contribution in [2.75, 3.05) is 12.8 Å². The number of hydrogen-bond acceptors (Lipinski definition) is 6. The van der Waals surface area contributed by atoms with Crippen molar-refractivity contribution in [3.63, 3.8) is 0 Å². The van der Waals surface area contributed by atoms with Crippen LogP contribution in [0.15, 0.2) is 29.5 Å². The van der Waals surface area contributed by atoms with Gasteiger partial charge >= 0.3 is 5.97 Å². The Morgan fingerprint density at radius 1 is 1.40 bits per heavy atom. The van der Waals surface area contributed by atoms with E-state index in [0.29, 0.717) is 25.2 Å². The van der Waals surface area contributed by atoms with E-state index in [4.69, 9.17) is 5.73 Å². The van der Waals surface area contributed by atoms with E-state index < -0.39 is 5.97 Å². The second-order valence-corrected chi connectivity index (χ2v) is 4.17. The van der Waals surface area contributed by atoms with Gasteiger partial charge < -0.3 is 15.0 Å². The Balaban J connectivity index is 1.93. The van der Waals surface area contributed by atoms with Crippen molar-refractivity contribution in [2.24, 2.45) is 0 Å². The maximum atomic E-state index is 11.6. The summed E-state index contributed by atoms with van der Waals surface area (Å²) in [5, 5.41) is 3.97. The number of nitrogens with zero attached hydrogens (tertiary/aromatic N) is 4. The number of methoxy groups -OCH3 is 1. The SMILES string of the molecule is COC(=O)c1ncn(CCCn2cc(N)ccc2=O)n1. The van der Waals surface area contributed by atoms with Crippen molar-refractivity contribution in [1.82, 2.24) is 19.3 Å². The van der Waals surface area contributed by atoms with Crippen LogP contribution in [0, 0.1) is 0 Å². The third-order valence-electron chi connectivity index (χ3n) is 2.70. The largest absolute Gasteiger partial charge is 0.463 e. The molecule has 0 aromatic carbocycles. The standard InChI is InChI=1S/C12H15N5O3/c1-20-12(19)11-14-8-17(15-11)6-2-5-16-7-9(13)3-4-10(16)18/h3-4,7-8H,2,5-6,13H2,1H3. The molecule has 2 heterocycles. The summed E-state index contributed by atoms with van der Waals surface area (Å²) in [6.07, 6.45) is 3.71. The Labute approximate surface area is 114 Å². The molecule has 106 valence electrons. The van der Waals surface area contributed by atoms with Gasteiger partial charge in [0.15, 0.2) is 0 Å². The van der Waals surface area contributed by atoms with Gasteiger partial charge in [-0.25, -0.2) is 9.78 Å². The summed E-state index contributed by atoms with van der Waals surface area (Å²) in [7, 11) is 1.27. The summed E-state index contributed by atoms with van der Waals surface area (Å²) >= 11 is 0. The van der Waals surface area contributed by atoms with E-state index in [-0.39, 0.29) is 11.4 Å². The van der Waals surface area contributed by atoms with Crippen LogP contribution in [0.25, 0.3) is 0 Å². The molecule has 0 spiro atoms. The molecule has 20 heavy (non-hydrogen) atoms. The van der Waals surface area contributed by atoms with Gasteiger partial charge in [-0.3, -0.25) is 9.48 Å². The first kappa shape index (κ1) is 13.8. The van der Waals surface area contributed by atoms with Crippen LogP contribution in [0.2, 0.25) is 0 Å². The number of aromatic nitrogens is 4. The molecule has 0 atom stereocenters. The lowest BCUT2D eigenvalue weighted by atomic mass is 10.3. The predicted octanol–water partition coefficient (Wildman–Crippen LogP) is -0.101. The minimum absolute atomic E-state index is 0.0219. The summed E-state index contributed by atoms with van der Waals surface area (Å²) in [6.45, 7) is 1.04. The molecule has 0 radical (unpaired) electrons. The van der Waals surface area contributed by atoms with Gasteiger partial charge in [0.25, 0.3) is 11.4 Å². The Kier molecular flexibility index (Phi) is 4.14. The first-order chi connectivity index (χ1) is 9.60. The highest BCUT2D eigenvalue weighted by Crippen LogP contribution is 1.99. The first-order valence-electron chi connectivity index (χ1n) is 6.04. The number of anilines is 1. The maximum absolute atomic E-state index is 11.6. The molecule has 0 bridgehead atoms. The number of carbonyl (C=O) groups is 1. The van der Waals surface area contributed by atoms with Crippen LogP contribution in [0.5, 0.6) is 0 Å². The normalized spacial score (nSPS) is 10.4. The maximum Gasteiger partial charge on any atom is 0.377 e. The minimum Gasteiger partial charge on any atom is -0.463 e. The highest BCUT2D eigenvalue weighted by atomic mass is 16.5. The lowest BCUT2D eigenvalue weighted by molar-refractivity contribution is 0.0586. The van der Waals surface area contributed by atoms with Gasteiger partial charge in [-0.2, -0.15) is 0 Å². The molecule has 0 aliphatic rings. The molecule has 0 saturated heterocycles. The van der Waals surface area contributed by atoms with Gasteiger partial charge in [-0.05, 0) is 12.5 Å². The number of pyridine rings is 1. The van der Waals surface area contributed by atoms with E-state index in [1.165, 1.54) is 28.8 Å². The average molecular weight is 277 g/mol. The molecule has 0 unspecified atom stereocenters. The van der Waals surface area contributed by atoms with Gasteiger partial charge in [-0.15, -0.1) is 5.10 Å². The smallest absolute Gasteiger partial charge is 0.377 e. The van der Waals surface area contributed by atoms with Crippen LogP contribution in [-0.2, 0) is 17.8 Å². The number of nitrogens with two attached hydrogens (primary N) is 1. The third-order valence-corrected chi connectivity index (χ3v) is 2.70. The number of carbonyl (C=O) groups excluding carboxylic acids is 1. The molecule has 8 heteroatoms. The van der Waals surface area contributed by atoms with E-state index in [0.717, 1.165) is 0 Å². The number of nitrogen functional groups attached to an aromatic ring is 1. The van der Waals surface area contributed by atoms with Crippen LogP contribution >= 0.6 is 0 Å². The van der Waals surface area contributed by atoms with Crippen LogP contribution < -0.4 is 11.3 Å². The van der Waals surface area contributed by atoms with E-state index in [1.54, 1.807) is 12.3 Å². The van der Waals surface area contributed by atoms with Gasteiger partial charge in [0.05, 0.1) is 7.11 Å². The number of esters is 1. The van der Waals surface area contributed by atoms with E-state index in [1.807, 2.05) is 0 Å². The monoisotopic (exact) mass is 277 g/mol. The molecule has 2 N–H and O–H groups in total. The minimum atomic E-state index is -0.573. The Hall–Kier alpha value is -2.64. The Bertz CT molecular complexity index is 661. The number of aryl methyl sites for hydroxylation is 2. The van der Waals surface area contributed by atoms with Gasteiger partial charge in [0.2, 0.25) is 0 Å². The number of hydrogen-bond donors (Lipinski definition) is 1. The molecule has 2 aromatic rings. The topological polar surface area (TPSA) is 105 Å². The fourth-order valence-electron chi connectivity index (χ4n) is 1.71. The van der Waals surface area contributed by atoms with Gasteiger partial charge in [0, 0.05) is 31.0 Å². The zero-order chi connectivity index (χ0) is 14.5. The third kappa shape index (κ3) is 3.22. The van der Waals surface area contributed by atoms with Crippen molar-refractivity contribution in [3.05, 3.63) is 40.8 Å². The summed E-state index contributed by atoms with van der Waals surface area (Å²) in [5.41, 5.74) is 6.06. The van der Waals surface area contributed by atoms with Crippen molar-refractivity contribution in [2.45, 2.75) is 19.5 Å². The fraction of sp³-hybridized carbons (Fsp3) is 0.333. The molecule has 2 rings (SSSR count). The number of rotatable bonds is 5. The molecule has 0 fully saturated rings. The van der Waals surface area contributed by atoms with Crippen LogP contribution in [0.1, 0.15) is 17.0 Å². The second-order valence-electron chi connectivity index (χ2n) is 4.17. The summed E-state index contributed by atoms with van der Waals surface area (Å²) < 4.78 is 7.58. The lowest BCUT2D eigenvalue weighted by Crippen LogP contribution is -2.19. The van der Waals surface area contributed by atoms with E-state index >= 15 is 0 Å². The summed E-state index contributed by atoms with van der Waals surface area (Å²) in [5.74, 6) is -0.551. The second kappa shape index (κ2) is 6.00. The summed E-state index contributed by atoms with van der Waals surface area (Å²) in [6, 6.07) is 3.00. The van der Waals surface area contributed by atoms with Crippen molar-refractivity contribution < 1.29 is 9.53 Å². The zero-order valence-electron chi connectivity index (χ0n) is 11.0. The molecule has 0 aliphatic heterocycles. The first-order valence-corrected chi connectivity index (χ1v) is 6.04. The predicted molar refractivity (Wildman–Crippen MR) is 71.1 cm³/mol. The van der Waals surface area contributed by atoms with Gasteiger partial charge in [-0.1, -0.05) is 0 Å². The molecule has 0 amide bonds. The molecule has 2 aromatic heterocycles. The average Bonchev–Trinajstić information content (AvgIpc) is 2.90. The van der Waals surface area contributed by atoms with Gasteiger partial charge in [0.1, 0.15) is 6.33 Å². The quantitative estimate of drug-likeness (QED) is 0.765. The fourth-order valence-corrected chi connectivity index (χ4v) is 1.71. The van der Waals surface area contributed by atoms with Crippen molar-refractivity contribution in [3.8, 4) is 0 Å². The Morgan fingerprint density at radius 3 is 2.95 bits per heavy atom. The molecule has 8 nitrogen and oxygen atoms in total. The van der Waals surface area contributed by atoms with Crippen LogP contribution in [-0.4, -0.2) is 32.4 Å².